The van der Waals surface area contributed by atoms with Crippen molar-refractivity contribution in [2.24, 2.45) is 0 Å². The number of alkyl halides is 1. The number of halogens is 1. The Hall–Kier alpha value is -2.40. The summed E-state index contributed by atoms with van der Waals surface area (Å²) in [6, 6.07) is 13.7. The Kier molecular flexibility index (Phi) is 5.89. The molecule has 0 aromatic heterocycles. The number of methoxy groups -OCH3 is 2. The minimum absolute atomic E-state index is 0.111. The molecule has 6 heteroatoms. The summed E-state index contributed by atoms with van der Waals surface area (Å²) in [6.07, 6.45) is 0.757. The molecule has 1 N–H and O–H groups in total. The topological polar surface area (TPSA) is 50.8 Å². The molecule has 26 heavy (non-hydrogen) atoms. The quantitative estimate of drug-likeness (QED) is 0.813. The van der Waals surface area contributed by atoms with Crippen LogP contribution in [0.5, 0.6) is 11.5 Å². The molecule has 2 aromatic rings. The molecule has 0 saturated carbocycles. The van der Waals surface area contributed by atoms with Gasteiger partial charge in [-0.15, -0.1) is 11.6 Å². The standard InChI is InChI=1S/C20H23ClN2O3/c1-25-17-12-15-8-11-23(20(24)22-10-9-21)19(14-6-4-3-5-7-14)16(15)13-18(17)26-2/h3-7,12-13,19H,8-11H2,1-2H3,(H,22,24). The fourth-order valence-electron chi connectivity index (χ4n) is 3.42. The van der Waals surface area contributed by atoms with E-state index in [-0.39, 0.29) is 12.1 Å². The van der Waals surface area contributed by atoms with Crippen molar-refractivity contribution in [2.75, 3.05) is 33.2 Å². The van der Waals surface area contributed by atoms with Gasteiger partial charge in [-0.2, -0.15) is 0 Å². The molecule has 1 heterocycles. The zero-order valence-corrected chi connectivity index (χ0v) is 15.8. The Labute approximate surface area is 158 Å². The van der Waals surface area contributed by atoms with Crippen molar-refractivity contribution in [3.8, 4) is 11.5 Å². The second kappa shape index (κ2) is 8.32. The normalized spacial score (nSPS) is 16.0. The van der Waals surface area contributed by atoms with Crippen LogP contribution in [-0.4, -0.2) is 44.1 Å². The Morgan fingerprint density at radius 1 is 1.19 bits per heavy atom. The number of carbonyl (C=O) groups is 1. The second-order valence-electron chi connectivity index (χ2n) is 6.08. The zero-order chi connectivity index (χ0) is 18.5. The van der Waals surface area contributed by atoms with Gasteiger partial charge in [0.25, 0.3) is 0 Å². The summed E-state index contributed by atoms with van der Waals surface area (Å²) in [5.41, 5.74) is 3.28. The summed E-state index contributed by atoms with van der Waals surface area (Å²) >= 11 is 5.73. The van der Waals surface area contributed by atoms with Gasteiger partial charge in [-0.25, -0.2) is 4.79 Å². The lowest BCUT2D eigenvalue weighted by molar-refractivity contribution is 0.180. The van der Waals surface area contributed by atoms with Crippen LogP contribution < -0.4 is 14.8 Å². The van der Waals surface area contributed by atoms with Gasteiger partial charge in [-0.3, -0.25) is 0 Å². The number of rotatable bonds is 5. The molecule has 0 aliphatic carbocycles. The van der Waals surface area contributed by atoms with Crippen molar-refractivity contribution in [1.82, 2.24) is 10.2 Å². The van der Waals surface area contributed by atoms with Crippen LogP contribution in [0.1, 0.15) is 22.7 Å². The van der Waals surface area contributed by atoms with Gasteiger partial charge in [0.1, 0.15) is 0 Å². The molecule has 0 bridgehead atoms. The third-order valence-electron chi connectivity index (χ3n) is 4.62. The fourth-order valence-corrected chi connectivity index (χ4v) is 3.51. The van der Waals surface area contributed by atoms with Gasteiger partial charge in [0.2, 0.25) is 0 Å². The maximum atomic E-state index is 12.7. The first-order chi connectivity index (χ1) is 12.7. The van der Waals surface area contributed by atoms with Crippen molar-refractivity contribution in [3.05, 3.63) is 59.2 Å². The molecule has 0 spiro atoms. The van der Waals surface area contributed by atoms with E-state index >= 15 is 0 Å². The monoisotopic (exact) mass is 374 g/mol. The predicted octanol–water partition coefficient (Wildman–Crippen LogP) is 3.60. The molecule has 5 nitrogen and oxygen atoms in total. The first-order valence-electron chi connectivity index (χ1n) is 8.59. The first-order valence-corrected chi connectivity index (χ1v) is 9.13. The van der Waals surface area contributed by atoms with Crippen LogP contribution in [0.3, 0.4) is 0 Å². The van der Waals surface area contributed by atoms with Crippen molar-refractivity contribution < 1.29 is 14.3 Å². The van der Waals surface area contributed by atoms with E-state index in [0.29, 0.717) is 30.5 Å². The van der Waals surface area contributed by atoms with Gasteiger partial charge >= 0.3 is 6.03 Å². The van der Waals surface area contributed by atoms with E-state index in [1.54, 1.807) is 14.2 Å². The maximum absolute atomic E-state index is 12.7. The number of amides is 2. The van der Waals surface area contributed by atoms with E-state index < -0.39 is 0 Å². The third-order valence-corrected chi connectivity index (χ3v) is 4.81. The number of nitrogens with one attached hydrogen (secondary N) is 1. The van der Waals surface area contributed by atoms with Gasteiger partial charge in [0.05, 0.1) is 20.3 Å². The Morgan fingerprint density at radius 2 is 1.88 bits per heavy atom. The lowest BCUT2D eigenvalue weighted by atomic mass is 9.88. The molecule has 138 valence electrons. The van der Waals surface area contributed by atoms with Crippen LogP contribution in [-0.2, 0) is 6.42 Å². The van der Waals surface area contributed by atoms with Gasteiger partial charge in [0.15, 0.2) is 11.5 Å². The van der Waals surface area contributed by atoms with E-state index in [1.165, 1.54) is 0 Å². The highest BCUT2D eigenvalue weighted by Crippen LogP contribution is 2.40. The molecule has 0 saturated heterocycles. The van der Waals surface area contributed by atoms with Crippen molar-refractivity contribution in [2.45, 2.75) is 12.5 Å². The number of fused-ring (bicyclic) bond motifs is 1. The Morgan fingerprint density at radius 3 is 2.54 bits per heavy atom. The summed E-state index contributed by atoms with van der Waals surface area (Å²) in [5, 5.41) is 2.88. The van der Waals surface area contributed by atoms with E-state index in [4.69, 9.17) is 21.1 Å². The van der Waals surface area contributed by atoms with Gasteiger partial charge in [-0.1, -0.05) is 30.3 Å². The highest BCUT2D eigenvalue weighted by Gasteiger charge is 2.33. The molecule has 3 rings (SSSR count). The summed E-state index contributed by atoms with van der Waals surface area (Å²) in [7, 11) is 3.25. The van der Waals surface area contributed by atoms with E-state index in [1.807, 2.05) is 47.4 Å². The van der Waals surface area contributed by atoms with Crippen LogP contribution in [0.15, 0.2) is 42.5 Å². The molecule has 1 aliphatic heterocycles. The molecule has 1 atom stereocenters. The van der Waals surface area contributed by atoms with Crippen molar-refractivity contribution in [1.29, 1.82) is 0 Å². The number of benzene rings is 2. The molecular weight excluding hydrogens is 352 g/mol. The number of ether oxygens (including phenoxy) is 2. The van der Waals surface area contributed by atoms with E-state index in [0.717, 1.165) is 23.1 Å². The highest BCUT2D eigenvalue weighted by molar-refractivity contribution is 6.18. The Bertz CT molecular complexity index is 767. The first kappa shape index (κ1) is 18.4. The second-order valence-corrected chi connectivity index (χ2v) is 6.46. The number of urea groups is 1. The molecule has 2 amide bonds. The number of carbonyl (C=O) groups excluding carboxylic acids is 1. The third kappa shape index (κ3) is 3.58. The predicted molar refractivity (Wildman–Crippen MR) is 102 cm³/mol. The van der Waals surface area contributed by atoms with Crippen LogP contribution in [0, 0.1) is 0 Å². The van der Waals surface area contributed by atoms with Gasteiger partial charge < -0.3 is 19.7 Å². The lowest BCUT2D eigenvalue weighted by Gasteiger charge is -2.38. The summed E-state index contributed by atoms with van der Waals surface area (Å²) < 4.78 is 10.9. The molecular formula is C20H23ClN2O3. The zero-order valence-electron chi connectivity index (χ0n) is 15.0. The summed E-state index contributed by atoms with van der Waals surface area (Å²) in [4.78, 5) is 14.6. The van der Waals surface area contributed by atoms with E-state index in [2.05, 4.69) is 5.32 Å². The van der Waals surface area contributed by atoms with Crippen LogP contribution in [0.4, 0.5) is 4.79 Å². The maximum Gasteiger partial charge on any atom is 0.318 e. The van der Waals surface area contributed by atoms with Crippen molar-refractivity contribution >= 4 is 17.6 Å². The lowest BCUT2D eigenvalue weighted by Crippen LogP contribution is -2.46. The van der Waals surface area contributed by atoms with Gasteiger partial charge in [-0.05, 0) is 35.2 Å². The molecule has 2 aromatic carbocycles. The average Bonchev–Trinajstić information content (AvgIpc) is 2.70. The van der Waals surface area contributed by atoms with Crippen LogP contribution in [0.2, 0.25) is 0 Å². The largest absolute Gasteiger partial charge is 0.493 e. The van der Waals surface area contributed by atoms with Gasteiger partial charge in [0, 0.05) is 19.0 Å². The number of hydrogen-bond donors (Lipinski definition) is 1. The van der Waals surface area contributed by atoms with Crippen molar-refractivity contribution in [3.63, 3.8) is 0 Å². The van der Waals surface area contributed by atoms with Crippen LogP contribution >= 0.6 is 11.6 Å². The Balaban J connectivity index is 2.07. The highest BCUT2D eigenvalue weighted by atomic mass is 35.5. The minimum atomic E-state index is -0.185. The smallest absolute Gasteiger partial charge is 0.318 e. The summed E-state index contributed by atoms with van der Waals surface area (Å²) in [5.74, 6) is 1.75. The molecule has 1 aliphatic rings. The molecule has 0 fully saturated rings. The minimum Gasteiger partial charge on any atom is -0.493 e. The van der Waals surface area contributed by atoms with E-state index in [9.17, 15) is 4.79 Å². The number of hydrogen-bond acceptors (Lipinski definition) is 3. The average molecular weight is 375 g/mol. The number of nitrogens with zero attached hydrogens (tertiary/aromatic N) is 1. The van der Waals surface area contributed by atoms with Crippen LogP contribution in [0.25, 0.3) is 0 Å². The molecule has 1 unspecified atom stereocenters. The molecule has 0 radical (unpaired) electrons. The summed E-state index contributed by atoms with van der Waals surface area (Å²) in [6.45, 7) is 1.06. The SMILES string of the molecule is COc1cc2c(cc1OC)C(c1ccccc1)N(C(=O)NCCCl)CC2. The fraction of sp³-hybridized carbons (Fsp3) is 0.350.